The van der Waals surface area contributed by atoms with Crippen molar-refractivity contribution in [1.29, 1.82) is 0 Å². The van der Waals surface area contributed by atoms with E-state index in [2.05, 4.69) is 26.0 Å². The monoisotopic (exact) mass is 505 g/mol. The van der Waals surface area contributed by atoms with Crippen LogP contribution in [0.2, 0.25) is 0 Å². The summed E-state index contributed by atoms with van der Waals surface area (Å²) in [5, 5.41) is 22.1. The molecule has 1 saturated carbocycles. The number of rotatable bonds is 11. The van der Waals surface area contributed by atoms with E-state index in [-0.39, 0.29) is 23.1 Å². The van der Waals surface area contributed by atoms with Gasteiger partial charge in [0, 0.05) is 5.39 Å². The second kappa shape index (κ2) is 10.3. The smallest absolute Gasteiger partial charge is 0.404 e. The number of primary amides is 1. The minimum absolute atomic E-state index is 0.0469. The maximum absolute atomic E-state index is 15.0. The van der Waals surface area contributed by atoms with Gasteiger partial charge in [-0.1, -0.05) is 13.0 Å². The molecule has 0 saturated heterocycles. The van der Waals surface area contributed by atoms with Crippen molar-refractivity contribution in [3.63, 3.8) is 0 Å². The quantitative estimate of drug-likeness (QED) is 0.265. The van der Waals surface area contributed by atoms with Gasteiger partial charge < -0.3 is 26.8 Å². The first-order valence-corrected chi connectivity index (χ1v) is 11.4. The minimum Gasteiger partial charge on any atom is -0.465 e. The molecule has 0 spiro atoms. The lowest BCUT2D eigenvalue weighted by Crippen LogP contribution is -2.47. The summed E-state index contributed by atoms with van der Waals surface area (Å²) in [5.74, 6) is -1.84. The normalized spacial score (nSPS) is 15.0. The third-order valence-corrected chi connectivity index (χ3v) is 6.11. The van der Waals surface area contributed by atoms with Gasteiger partial charge in [-0.15, -0.1) is 0 Å². The number of nitrogens with zero attached hydrogens (tertiary/aromatic N) is 3. The Morgan fingerprint density at radius 1 is 1.28 bits per heavy atom. The zero-order valence-corrected chi connectivity index (χ0v) is 19.3. The fourth-order valence-corrected chi connectivity index (χ4v) is 4.25. The van der Waals surface area contributed by atoms with E-state index in [1.165, 1.54) is 6.20 Å². The first kappa shape index (κ1) is 25.1. The molecule has 1 aliphatic carbocycles. The molecule has 36 heavy (non-hydrogen) atoms. The van der Waals surface area contributed by atoms with Crippen molar-refractivity contribution in [2.45, 2.75) is 51.2 Å². The molecule has 0 radical (unpaired) electrons. The number of benzene rings is 1. The Morgan fingerprint density at radius 3 is 2.64 bits per heavy atom. The van der Waals surface area contributed by atoms with Crippen LogP contribution in [0.1, 0.15) is 36.5 Å². The number of carboxylic acid groups (broad SMARTS) is 1. The van der Waals surface area contributed by atoms with Crippen molar-refractivity contribution >= 4 is 40.2 Å². The summed E-state index contributed by atoms with van der Waals surface area (Å²) < 4.78 is 42.0. The number of nitrogens with two attached hydrogens (primary N) is 1. The van der Waals surface area contributed by atoms with E-state index in [1.807, 2.05) is 6.92 Å². The molecule has 10 nitrogen and oxygen atoms in total. The topological polar surface area (TPSA) is 147 Å². The standard InChI is InChI=1S/C23H26F3N7O3/c1-2-15(30-23(35)36)19(11-6-7-11)31-22-14(24)8-12(20(27)34)21(32-22)29-16-4-3-5-17-13(16)9-28-33(17)10-18(25)26/h3-5,8-9,11,15,18-19,30H,2,6-7,10H2,1H3,(H2,27,34)(H,35,36)(H2,29,31,32)/t15-,19-/m0/s1. The van der Waals surface area contributed by atoms with E-state index in [0.29, 0.717) is 23.0 Å². The molecule has 1 aromatic carbocycles. The highest BCUT2D eigenvalue weighted by atomic mass is 19.3. The van der Waals surface area contributed by atoms with Crippen LogP contribution in [0.5, 0.6) is 0 Å². The van der Waals surface area contributed by atoms with Crippen LogP contribution >= 0.6 is 0 Å². The number of fused-ring (bicyclic) bond motifs is 1. The van der Waals surface area contributed by atoms with E-state index in [4.69, 9.17) is 5.73 Å². The number of carbonyl (C=O) groups excluding carboxylic acids is 1. The minimum atomic E-state index is -2.60. The summed E-state index contributed by atoms with van der Waals surface area (Å²) >= 11 is 0. The van der Waals surface area contributed by atoms with Gasteiger partial charge in [0.05, 0.1) is 35.0 Å². The Bertz CT molecular complexity index is 1280. The average Bonchev–Trinajstić information content (AvgIpc) is 3.58. The lowest BCUT2D eigenvalue weighted by Gasteiger charge is -2.28. The highest BCUT2D eigenvalue weighted by molar-refractivity contribution is 6.00. The molecule has 1 fully saturated rings. The fraction of sp³-hybridized carbons (Fsp3) is 0.391. The largest absolute Gasteiger partial charge is 0.465 e. The van der Waals surface area contributed by atoms with E-state index in [9.17, 15) is 27.9 Å². The van der Waals surface area contributed by atoms with Gasteiger partial charge >= 0.3 is 6.09 Å². The van der Waals surface area contributed by atoms with Crippen molar-refractivity contribution < 1.29 is 27.9 Å². The second-order valence-corrected chi connectivity index (χ2v) is 8.63. The Labute approximate surface area is 204 Å². The zero-order chi connectivity index (χ0) is 26.0. The second-order valence-electron chi connectivity index (χ2n) is 8.63. The fourth-order valence-electron chi connectivity index (χ4n) is 4.25. The van der Waals surface area contributed by atoms with Crippen LogP contribution in [0, 0.1) is 11.7 Å². The molecule has 2 aromatic heterocycles. The number of pyridine rings is 1. The molecule has 2 amide bonds. The number of hydrogen-bond acceptors (Lipinski definition) is 6. The number of alkyl halides is 2. The van der Waals surface area contributed by atoms with Crippen LogP contribution in [0.25, 0.3) is 10.9 Å². The molecule has 0 bridgehead atoms. The molecule has 2 atom stereocenters. The van der Waals surface area contributed by atoms with Crippen LogP contribution in [-0.4, -0.2) is 50.4 Å². The number of halogens is 3. The van der Waals surface area contributed by atoms with Gasteiger partial charge in [0.1, 0.15) is 12.4 Å². The average molecular weight is 506 g/mol. The molecule has 0 unspecified atom stereocenters. The summed E-state index contributed by atoms with van der Waals surface area (Å²) in [6, 6.07) is 4.92. The number of carbonyl (C=O) groups is 2. The van der Waals surface area contributed by atoms with Crippen molar-refractivity contribution in [1.82, 2.24) is 20.1 Å². The summed E-state index contributed by atoms with van der Waals surface area (Å²) in [5.41, 5.74) is 6.08. The van der Waals surface area contributed by atoms with Gasteiger partial charge in [-0.3, -0.25) is 9.48 Å². The van der Waals surface area contributed by atoms with Gasteiger partial charge in [-0.05, 0) is 43.4 Å². The lowest BCUT2D eigenvalue weighted by molar-refractivity contribution is 0.1000. The maximum Gasteiger partial charge on any atom is 0.404 e. The predicted molar refractivity (Wildman–Crippen MR) is 127 cm³/mol. The van der Waals surface area contributed by atoms with E-state index >= 15 is 0 Å². The van der Waals surface area contributed by atoms with Crippen LogP contribution < -0.4 is 21.7 Å². The van der Waals surface area contributed by atoms with Gasteiger partial charge in [-0.2, -0.15) is 5.10 Å². The van der Waals surface area contributed by atoms with Crippen molar-refractivity contribution in [2.75, 3.05) is 10.6 Å². The highest BCUT2D eigenvalue weighted by Crippen LogP contribution is 2.37. The molecule has 0 aliphatic heterocycles. The molecule has 192 valence electrons. The van der Waals surface area contributed by atoms with Gasteiger partial charge in [-0.25, -0.2) is 22.9 Å². The first-order chi connectivity index (χ1) is 17.2. The first-order valence-electron chi connectivity index (χ1n) is 11.4. The molecule has 2 heterocycles. The van der Waals surface area contributed by atoms with Crippen LogP contribution in [0.4, 0.5) is 35.3 Å². The van der Waals surface area contributed by atoms with Crippen LogP contribution in [0.3, 0.4) is 0 Å². The summed E-state index contributed by atoms with van der Waals surface area (Å²) in [6.45, 7) is 1.23. The Balaban J connectivity index is 1.69. The Morgan fingerprint density at radius 2 is 2.03 bits per heavy atom. The zero-order valence-electron chi connectivity index (χ0n) is 19.3. The van der Waals surface area contributed by atoms with Crippen molar-refractivity contribution in [2.24, 2.45) is 11.7 Å². The molecule has 3 aromatic rings. The predicted octanol–water partition coefficient (Wildman–Crippen LogP) is 3.91. The number of amides is 2. The van der Waals surface area contributed by atoms with Gasteiger partial charge in [0.2, 0.25) is 0 Å². The van der Waals surface area contributed by atoms with Gasteiger partial charge in [0.15, 0.2) is 11.6 Å². The number of hydrogen-bond donors (Lipinski definition) is 5. The highest BCUT2D eigenvalue weighted by Gasteiger charge is 2.37. The van der Waals surface area contributed by atoms with E-state index < -0.39 is 42.9 Å². The van der Waals surface area contributed by atoms with Crippen LogP contribution in [-0.2, 0) is 6.54 Å². The van der Waals surface area contributed by atoms with Crippen molar-refractivity contribution in [3.05, 3.63) is 41.8 Å². The molecule has 13 heteroatoms. The lowest BCUT2D eigenvalue weighted by atomic mass is 10.0. The molecule has 6 N–H and O–H groups in total. The van der Waals surface area contributed by atoms with Crippen LogP contribution in [0.15, 0.2) is 30.5 Å². The maximum atomic E-state index is 15.0. The molecule has 4 rings (SSSR count). The summed E-state index contributed by atoms with van der Waals surface area (Å²) in [7, 11) is 0. The Kier molecular flexibility index (Phi) is 7.17. The van der Waals surface area contributed by atoms with E-state index in [1.54, 1.807) is 18.2 Å². The van der Waals surface area contributed by atoms with E-state index in [0.717, 1.165) is 23.6 Å². The summed E-state index contributed by atoms with van der Waals surface area (Å²) in [6.07, 6.45) is -0.204. The number of aromatic nitrogens is 3. The number of anilines is 3. The summed E-state index contributed by atoms with van der Waals surface area (Å²) in [4.78, 5) is 27.6. The SMILES string of the molecule is CC[C@H](NC(=O)O)[C@@H](Nc1nc(Nc2cccc3c2cnn3CC(F)F)c(C(N)=O)cc1F)C1CC1. The molecule has 1 aliphatic rings. The Hall–Kier alpha value is -4.03. The third-order valence-electron chi connectivity index (χ3n) is 6.11. The van der Waals surface area contributed by atoms with Gasteiger partial charge in [0.25, 0.3) is 12.3 Å². The number of nitrogens with one attached hydrogen (secondary N) is 3. The molecular weight excluding hydrogens is 479 g/mol. The molecular formula is C23H26F3N7O3. The van der Waals surface area contributed by atoms with Crippen molar-refractivity contribution in [3.8, 4) is 0 Å². The third kappa shape index (κ3) is 5.44.